The quantitative estimate of drug-likeness (QED) is 0.802. The van der Waals surface area contributed by atoms with E-state index in [0.717, 1.165) is 0 Å². The normalized spacial score (nSPS) is 11.2. The van der Waals surface area contributed by atoms with Gasteiger partial charge in [-0.1, -0.05) is 17.8 Å². The van der Waals surface area contributed by atoms with Gasteiger partial charge in [0.25, 0.3) is 0 Å². The summed E-state index contributed by atoms with van der Waals surface area (Å²) in [6, 6.07) is 5.33. The molecule has 0 aliphatic heterocycles. The number of hydrogen-bond acceptors (Lipinski definition) is 4. The summed E-state index contributed by atoms with van der Waals surface area (Å²) >= 11 is 1.20. The van der Waals surface area contributed by atoms with Crippen LogP contribution >= 0.6 is 11.8 Å². The third-order valence-electron chi connectivity index (χ3n) is 1.86. The lowest BCUT2D eigenvalue weighted by atomic mass is 10.2. The summed E-state index contributed by atoms with van der Waals surface area (Å²) in [5.41, 5.74) is 0. The molecule has 16 heavy (non-hydrogen) atoms. The zero-order valence-corrected chi connectivity index (χ0v) is 10.4. The molecule has 0 radical (unpaired) electrons. The fourth-order valence-electron chi connectivity index (χ4n) is 0.986. The van der Waals surface area contributed by atoms with Gasteiger partial charge in [0.15, 0.2) is 0 Å². The molecule has 0 bridgehead atoms. The van der Waals surface area contributed by atoms with Crippen molar-refractivity contribution >= 4 is 17.7 Å². The number of rotatable bonds is 5. The first-order valence-electron chi connectivity index (χ1n) is 4.98. The van der Waals surface area contributed by atoms with Gasteiger partial charge in [-0.25, -0.2) is 4.98 Å². The summed E-state index contributed by atoms with van der Waals surface area (Å²) in [7, 11) is 0. The Morgan fingerprint density at radius 2 is 2.25 bits per heavy atom. The van der Waals surface area contributed by atoms with Gasteiger partial charge in [-0.3, -0.25) is 4.79 Å². The lowest BCUT2D eigenvalue weighted by molar-refractivity contribution is -0.138. The largest absolute Gasteiger partial charge is 0.480 e. The van der Waals surface area contributed by atoms with Crippen LogP contribution in [0.25, 0.3) is 0 Å². The van der Waals surface area contributed by atoms with Crippen LogP contribution in [0.4, 0.5) is 0 Å². The summed E-state index contributed by atoms with van der Waals surface area (Å²) in [5, 5.41) is 9.65. The van der Waals surface area contributed by atoms with Crippen LogP contribution < -0.4 is 4.74 Å². The number of nitrogens with zero attached hydrogens (tertiary/aromatic N) is 1. The van der Waals surface area contributed by atoms with Crippen LogP contribution in [0.15, 0.2) is 23.2 Å². The Kier molecular flexibility index (Phi) is 4.18. The topological polar surface area (TPSA) is 59.4 Å². The van der Waals surface area contributed by atoms with Crippen LogP contribution in [0, 0.1) is 0 Å². The first-order valence-corrected chi connectivity index (χ1v) is 5.79. The molecule has 0 unspecified atom stereocenters. The summed E-state index contributed by atoms with van der Waals surface area (Å²) in [4.78, 5) is 15.2. The maximum Gasteiger partial charge on any atom is 0.319 e. The second-order valence-corrected chi connectivity index (χ2v) is 5.31. The number of hydrogen-bond donors (Lipinski definition) is 1. The molecule has 1 N–H and O–H groups in total. The number of carbonyl (C=O) groups is 1. The maximum absolute atomic E-state index is 11.0. The average Bonchev–Trinajstić information content (AvgIpc) is 2.17. The zero-order valence-electron chi connectivity index (χ0n) is 9.56. The van der Waals surface area contributed by atoms with Gasteiger partial charge in [-0.15, -0.1) is 0 Å². The molecular weight excluding hydrogens is 226 g/mol. The number of carboxylic acid groups (broad SMARTS) is 1. The van der Waals surface area contributed by atoms with E-state index >= 15 is 0 Å². The summed E-state index contributed by atoms with van der Waals surface area (Å²) in [5.74, 6) is -0.338. The minimum absolute atomic E-state index is 0.522. The first-order chi connectivity index (χ1) is 7.45. The number of pyridine rings is 1. The van der Waals surface area contributed by atoms with Gasteiger partial charge in [0, 0.05) is 6.07 Å². The van der Waals surface area contributed by atoms with Gasteiger partial charge in [-0.2, -0.15) is 0 Å². The van der Waals surface area contributed by atoms with Crippen molar-refractivity contribution in [2.45, 2.75) is 30.5 Å². The van der Waals surface area contributed by atoms with Gasteiger partial charge in [-0.05, 0) is 26.8 Å². The van der Waals surface area contributed by atoms with Crippen molar-refractivity contribution in [2.24, 2.45) is 0 Å². The number of aliphatic carboxylic acids is 1. The lowest BCUT2D eigenvalue weighted by Gasteiger charge is -2.17. The number of aromatic nitrogens is 1. The molecule has 0 saturated heterocycles. The molecule has 0 spiro atoms. The second kappa shape index (κ2) is 5.21. The van der Waals surface area contributed by atoms with Crippen molar-refractivity contribution in [3.63, 3.8) is 0 Å². The molecule has 5 heteroatoms. The Morgan fingerprint density at radius 1 is 1.56 bits per heavy atom. The van der Waals surface area contributed by atoms with Gasteiger partial charge >= 0.3 is 5.97 Å². The highest BCUT2D eigenvalue weighted by atomic mass is 32.2. The zero-order chi connectivity index (χ0) is 12.2. The Bertz CT molecular complexity index is 379. The van der Waals surface area contributed by atoms with E-state index in [4.69, 9.17) is 9.84 Å². The van der Waals surface area contributed by atoms with E-state index in [1.54, 1.807) is 32.0 Å². The highest BCUT2D eigenvalue weighted by molar-refractivity contribution is 8.01. The van der Waals surface area contributed by atoms with Crippen LogP contribution in [-0.2, 0) is 4.79 Å². The third-order valence-corrected chi connectivity index (χ3v) is 2.99. The molecule has 0 atom stereocenters. The number of ether oxygens (including phenoxy) is 1. The second-order valence-electron chi connectivity index (χ2n) is 3.66. The molecule has 0 saturated carbocycles. The molecule has 0 aliphatic rings. The van der Waals surface area contributed by atoms with Crippen LogP contribution in [0.2, 0.25) is 0 Å². The predicted octanol–water partition coefficient (Wildman–Crippen LogP) is 2.44. The van der Waals surface area contributed by atoms with Crippen molar-refractivity contribution in [1.29, 1.82) is 0 Å². The molecule has 88 valence electrons. The van der Waals surface area contributed by atoms with Gasteiger partial charge < -0.3 is 9.84 Å². The SMILES string of the molecule is CCOc1cccc(SC(C)(C)C(=O)O)n1. The van der Waals surface area contributed by atoms with E-state index in [-0.39, 0.29) is 0 Å². The monoisotopic (exact) mass is 241 g/mol. The minimum atomic E-state index is -0.891. The van der Waals surface area contributed by atoms with Crippen LogP contribution in [0.5, 0.6) is 5.88 Å². The lowest BCUT2D eigenvalue weighted by Crippen LogP contribution is -2.27. The van der Waals surface area contributed by atoms with Crippen molar-refractivity contribution in [3.05, 3.63) is 18.2 Å². The third kappa shape index (κ3) is 3.41. The first kappa shape index (κ1) is 12.8. The van der Waals surface area contributed by atoms with Crippen LogP contribution in [0.3, 0.4) is 0 Å². The molecule has 1 heterocycles. The molecule has 0 amide bonds. The molecule has 4 nitrogen and oxygen atoms in total. The highest BCUT2D eigenvalue weighted by Crippen LogP contribution is 2.32. The van der Waals surface area contributed by atoms with Crippen LogP contribution in [-0.4, -0.2) is 27.4 Å². The van der Waals surface area contributed by atoms with E-state index in [2.05, 4.69) is 4.98 Å². The maximum atomic E-state index is 11.0. The van der Waals surface area contributed by atoms with Crippen molar-refractivity contribution in [1.82, 2.24) is 4.98 Å². The van der Waals surface area contributed by atoms with E-state index in [1.807, 2.05) is 6.92 Å². The summed E-state index contributed by atoms with van der Waals surface area (Å²) in [6.45, 7) is 5.72. The van der Waals surface area contributed by atoms with Crippen molar-refractivity contribution in [2.75, 3.05) is 6.61 Å². The van der Waals surface area contributed by atoms with E-state index < -0.39 is 10.7 Å². The van der Waals surface area contributed by atoms with Gasteiger partial charge in [0.05, 0.1) is 6.61 Å². The minimum Gasteiger partial charge on any atom is -0.480 e. The molecule has 1 aromatic heterocycles. The van der Waals surface area contributed by atoms with E-state index in [1.165, 1.54) is 11.8 Å². The molecule has 1 aromatic rings. The molecule has 0 aromatic carbocycles. The van der Waals surface area contributed by atoms with Crippen LogP contribution in [0.1, 0.15) is 20.8 Å². The standard InChI is InChI=1S/C11H15NO3S/c1-4-15-8-6-5-7-9(12-8)16-11(2,3)10(13)14/h5-7H,4H2,1-3H3,(H,13,14). The Morgan fingerprint density at radius 3 is 2.81 bits per heavy atom. The Labute approximate surface area is 99.0 Å². The smallest absolute Gasteiger partial charge is 0.319 e. The van der Waals surface area contributed by atoms with E-state index in [0.29, 0.717) is 17.5 Å². The summed E-state index contributed by atoms with van der Waals surface area (Å²) in [6.07, 6.45) is 0. The Balaban J connectivity index is 2.81. The molecular formula is C11H15NO3S. The fraction of sp³-hybridized carbons (Fsp3) is 0.455. The van der Waals surface area contributed by atoms with E-state index in [9.17, 15) is 4.79 Å². The average molecular weight is 241 g/mol. The predicted molar refractivity (Wildman–Crippen MR) is 63.0 cm³/mol. The Hall–Kier alpha value is -1.23. The number of carboxylic acids is 1. The summed E-state index contributed by atoms with van der Waals surface area (Å²) < 4.78 is 4.36. The number of thioether (sulfide) groups is 1. The highest BCUT2D eigenvalue weighted by Gasteiger charge is 2.29. The van der Waals surface area contributed by atoms with Crippen molar-refractivity contribution < 1.29 is 14.6 Å². The molecule has 0 aliphatic carbocycles. The van der Waals surface area contributed by atoms with Gasteiger partial charge in [0.1, 0.15) is 9.77 Å². The van der Waals surface area contributed by atoms with Gasteiger partial charge in [0.2, 0.25) is 5.88 Å². The molecule has 0 fully saturated rings. The van der Waals surface area contributed by atoms with Crippen molar-refractivity contribution in [3.8, 4) is 5.88 Å². The molecule has 1 rings (SSSR count). The fourth-order valence-corrected chi connectivity index (χ4v) is 1.88.